The molecule has 2 unspecified atom stereocenters. The standard InChI is InChI=1S/C39H54N2O12S2/c1-6-40-33-16-14-29(54(44,45)46)27-31(33)38(2,18-21-52-25-23-50-4)35(40)11-10-12-36-39(3,19-22-53-26-24-51-5)32-28-30(55(47,48)49)15-17-34(32)41(36)20-9-7-8-13-37(42)43/h10-12,14-17,27-28H,6-9,13,18-26H2,1-5H3,(H2-,42,43,44,45,46,47,48,49)/p-1. The smallest absolute Gasteiger partial charge is 0.303 e. The number of likely N-dealkylation sites (N-methyl/N-ethyl adjacent to an activating group) is 1. The van der Waals surface area contributed by atoms with Crippen LogP contribution in [-0.2, 0) is 54.8 Å². The number of benzene rings is 2. The van der Waals surface area contributed by atoms with Crippen molar-refractivity contribution in [2.75, 3.05) is 71.9 Å². The maximum atomic E-state index is 12.2. The number of allylic oxidation sites excluding steroid dienone is 4. The minimum atomic E-state index is -4.76. The van der Waals surface area contributed by atoms with E-state index in [4.69, 9.17) is 24.1 Å². The van der Waals surface area contributed by atoms with Crippen LogP contribution in [0.5, 0.6) is 0 Å². The molecule has 0 saturated heterocycles. The van der Waals surface area contributed by atoms with E-state index in [2.05, 4.69) is 9.48 Å². The molecule has 0 amide bonds. The molecule has 2 aromatic carbocycles. The van der Waals surface area contributed by atoms with Gasteiger partial charge in [0.1, 0.15) is 26.8 Å². The van der Waals surface area contributed by atoms with Gasteiger partial charge in [0.05, 0.1) is 41.6 Å². The first-order valence-corrected chi connectivity index (χ1v) is 21.2. The van der Waals surface area contributed by atoms with E-state index >= 15 is 0 Å². The minimum Gasteiger partial charge on any atom is -0.744 e. The van der Waals surface area contributed by atoms with Gasteiger partial charge in [0.15, 0.2) is 5.71 Å². The van der Waals surface area contributed by atoms with Crippen LogP contribution >= 0.6 is 0 Å². The number of hydrogen-bond acceptors (Lipinski definition) is 12. The molecule has 16 heteroatoms. The first-order chi connectivity index (χ1) is 26.0. The Hall–Kier alpha value is -3.48. The van der Waals surface area contributed by atoms with Crippen LogP contribution in [0.4, 0.5) is 11.4 Å². The van der Waals surface area contributed by atoms with Crippen LogP contribution in [-0.4, -0.2) is 114 Å². The number of rotatable bonds is 23. The van der Waals surface area contributed by atoms with Gasteiger partial charge in [-0.05, 0) is 88.4 Å². The van der Waals surface area contributed by atoms with Gasteiger partial charge in [0.2, 0.25) is 5.69 Å². The summed E-state index contributed by atoms with van der Waals surface area (Å²) in [5.41, 5.74) is 2.99. The highest BCUT2D eigenvalue weighted by atomic mass is 32.2. The molecule has 4 rings (SSSR count). The van der Waals surface area contributed by atoms with Gasteiger partial charge in [0, 0.05) is 81.3 Å². The second kappa shape index (κ2) is 19.1. The first kappa shape index (κ1) is 44.2. The Morgan fingerprint density at radius 1 is 0.818 bits per heavy atom. The Bertz CT molecular complexity index is 1990. The van der Waals surface area contributed by atoms with E-state index in [1.807, 2.05) is 39.0 Å². The molecule has 2 aromatic rings. The molecule has 0 aromatic heterocycles. The van der Waals surface area contributed by atoms with Crippen molar-refractivity contribution >= 4 is 43.3 Å². The lowest BCUT2D eigenvalue weighted by atomic mass is 9.76. The molecule has 0 radical (unpaired) electrons. The molecule has 304 valence electrons. The topological polar surface area (TPSA) is 195 Å². The van der Waals surface area contributed by atoms with E-state index in [0.29, 0.717) is 96.0 Å². The lowest BCUT2D eigenvalue weighted by molar-refractivity contribution is -0.438. The van der Waals surface area contributed by atoms with E-state index in [0.717, 1.165) is 22.8 Å². The number of ether oxygens (including phenoxy) is 4. The molecule has 0 aliphatic carbocycles. The first-order valence-electron chi connectivity index (χ1n) is 18.4. The Morgan fingerprint density at radius 2 is 1.40 bits per heavy atom. The largest absolute Gasteiger partial charge is 0.744 e. The van der Waals surface area contributed by atoms with E-state index in [1.165, 1.54) is 24.3 Å². The fraction of sp³-hybridized carbons (Fsp3) is 0.538. The van der Waals surface area contributed by atoms with Crippen LogP contribution in [0.25, 0.3) is 0 Å². The molecule has 0 spiro atoms. The van der Waals surface area contributed by atoms with Gasteiger partial charge in [-0.15, -0.1) is 0 Å². The average molecular weight is 806 g/mol. The van der Waals surface area contributed by atoms with Crippen LogP contribution in [0.15, 0.2) is 70.1 Å². The zero-order valence-electron chi connectivity index (χ0n) is 32.2. The van der Waals surface area contributed by atoms with Crippen molar-refractivity contribution < 1.29 is 59.4 Å². The summed E-state index contributed by atoms with van der Waals surface area (Å²) in [5, 5.41) is 9.16. The summed E-state index contributed by atoms with van der Waals surface area (Å²) in [5.74, 6) is -0.864. The third-order valence-corrected chi connectivity index (χ3v) is 12.1. The van der Waals surface area contributed by atoms with E-state index < -0.39 is 37.0 Å². The number of methoxy groups -OCH3 is 2. The highest BCUT2D eigenvalue weighted by Crippen LogP contribution is 2.51. The van der Waals surface area contributed by atoms with Gasteiger partial charge in [-0.2, -0.15) is 4.58 Å². The van der Waals surface area contributed by atoms with Crippen molar-refractivity contribution in [3.63, 3.8) is 0 Å². The quantitative estimate of drug-likeness (QED) is 0.0912. The summed E-state index contributed by atoms with van der Waals surface area (Å²) in [6.07, 6.45) is 8.60. The Kier molecular flexibility index (Phi) is 15.4. The normalized spacial score (nSPS) is 20.6. The molecular weight excluding hydrogens is 753 g/mol. The van der Waals surface area contributed by atoms with Crippen molar-refractivity contribution in [2.24, 2.45) is 0 Å². The molecule has 0 bridgehead atoms. The number of carboxylic acids is 1. The van der Waals surface area contributed by atoms with Gasteiger partial charge in [-0.1, -0.05) is 6.08 Å². The molecule has 55 heavy (non-hydrogen) atoms. The van der Waals surface area contributed by atoms with Crippen molar-refractivity contribution in [3.05, 3.63) is 71.5 Å². The lowest BCUT2D eigenvalue weighted by Gasteiger charge is -2.30. The number of anilines is 1. The van der Waals surface area contributed by atoms with Gasteiger partial charge < -0.3 is 38.1 Å². The molecule has 2 aliphatic heterocycles. The van der Waals surface area contributed by atoms with Crippen LogP contribution in [0, 0.1) is 0 Å². The molecule has 0 saturated carbocycles. The third-order valence-electron chi connectivity index (χ3n) is 10.4. The summed E-state index contributed by atoms with van der Waals surface area (Å²) in [4.78, 5) is 12.6. The van der Waals surface area contributed by atoms with Crippen LogP contribution < -0.4 is 4.90 Å². The number of hydrogen-bond donors (Lipinski definition) is 1. The van der Waals surface area contributed by atoms with E-state index in [1.54, 1.807) is 26.4 Å². The van der Waals surface area contributed by atoms with Crippen LogP contribution in [0.1, 0.15) is 70.4 Å². The lowest BCUT2D eigenvalue weighted by Crippen LogP contribution is -2.33. The summed E-state index contributed by atoms with van der Waals surface area (Å²) in [7, 11) is -6.33. The number of nitrogens with zero attached hydrogens (tertiary/aromatic N) is 2. The molecular formula is C39H53N2O12S2-. The van der Waals surface area contributed by atoms with E-state index in [-0.39, 0.29) is 16.2 Å². The Balaban J connectivity index is 1.84. The van der Waals surface area contributed by atoms with Gasteiger partial charge >= 0.3 is 5.97 Å². The highest BCUT2D eigenvalue weighted by molar-refractivity contribution is 7.86. The van der Waals surface area contributed by atoms with E-state index in [9.17, 15) is 30.7 Å². The molecule has 2 aliphatic rings. The zero-order chi connectivity index (χ0) is 40.4. The molecule has 14 nitrogen and oxygen atoms in total. The Labute approximate surface area is 324 Å². The SMILES string of the molecule is CCN1/C(=C/C=C/C2=[N+](CCCCCC(=O)O)c3ccc(S(=O)(=O)[O-])cc3C2(C)CCOCCOC)C(C)(CCOCCOC)c2cc(S(=O)(=O)[O-])ccc21. The maximum absolute atomic E-state index is 12.2. The molecule has 1 N–H and O–H groups in total. The number of aliphatic carboxylic acids is 1. The third kappa shape index (κ3) is 10.5. The number of carbonyl (C=O) groups is 1. The fourth-order valence-corrected chi connectivity index (χ4v) is 8.47. The molecule has 2 atom stereocenters. The van der Waals surface area contributed by atoms with Crippen molar-refractivity contribution in [3.8, 4) is 0 Å². The number of carboxylic acid groups (broad SMARTS) is 1. The highest BCUT2D eigenvalue weighted by Gasteiger charge is 2.48. The van der Waals surface area contributed by atoms with Crippen LogP contribution in [0.3, 0.4) is 0 Å². The summed E-state index contributed by atoms with van der Waals surface area (Å²) in [6.45, 7) is 9.19. The number of fused-ring (bicyclic) bond motifs is 2. The number of unbranched alkanes of at least 4 members (excludes halogenated alkanes) is 2. The predicted molar refractivity (Wildman–Crippen MR) is 204 cm³/mol. The second-order valence-electron chi connectivity index (χ2n) is 14.0. The predicted octanol–water partition coefficient (Wildman–Crippen LogP) is 4.84. The van der Waals surface area contributed by atoms with Crippen molar-refractivity contribution in [1.82, 2.24) is 0 Å². The van der Waals surface area contributed by atoms with Crippen molar-refractivity contribution in [1.29, 1.82) is 0 Å². The maximum Gasteiger partial charge on any atom is 0.303 e. The fourth-order valence-electron chi connectivity index (χ4n) is 7.48. The average Bonchev–Trinajstić information content (AvgIpc) is 3.50. The summed E-state index contributed by atoms with van der Waals surface area (Å²) < 4.78 is 97.1. The minimum absolute atomic E-state index is 0.0522. The molecule has 2 heterocycles. The Morgan fingerprint density at radius 3 is 1.96 bits per heavy atom. The van der Waals surface area contributed by atoms with Gasteiger partial charge in [-0.3, -0.25) is 4.79 Å². The van der Waals surface area contributed by atoms with Gasteiger partial charge in [0.25, 0.3) is 0 Å². The van der Waals surface area contributed by atoms with Crippen molar-refractivity contribution in [2.45, 2.75) is 79.9 Å². The van der Waals surface area contributed by atoms with Gasteiger partial charge in [-0.25, -0.2) is 16.8 Å². The molecule has 0 fully saturated rings. The zero-order valence-corrected chi connectivity index (χ0v) is 33.9. The summed E-state index contributed by atoms with van der Waals surface area (Å²) in [6, 6.07) is 8.85. The second-order valence-corrected chi connectivity index (χ2v) is 16.8. The summed E-state index contributed by atoms with van der Waals surface area (Å²) >= 11 is 0. The monoisotopic (exact) mass is 805 g/mol. The van der Waals surface area contributed by atoms with Crippen LogP contribution in [0.2, 0.25) is 0 Å².